The molecule has 0 unspecified atom stereocenters. The van der Waals surface area contributed by atoms with Crippen LogP contribution < -0.4 is 4.74 Å². The second-order valence-corrected chi connectivity index (χ2v) is 3.57. The van der Waals surface area contributed by atoms with Gasteiger partial charge < -0.3 is 9.47 Å². The van der Waals surface area contributed by atoms with Crippen molar-refractivity contribution in [2.75, 3.05) is 13.2 Å². The minimum Gasteiger partial charge on any atom is -0.493 e. The molecule has 18 heavy (non-hydrogen) atoms. The van der Waals surface area contributed by atoms with E-state index < -0.39 is 5.97 Å². The van der Waals surface area contributed by atoms with Crippen molar-refractivity contribution in [1.29, 1.82) is 0 Å². The Morgan fingerprint density at radius 1 is 1.28 bits per heavy atom. The smallest absolute Gasteiger partial charge is 0.342 e. The van der Waals surface area contributed by atoms with Crippen molar-refractivity contribution in [3.63, 3.8) is 0 Å². The molecular formula is C15H16O3. The summed E-state index contributed by atoms with van der Waals surface area (Å²) in [6.07, 6.45) is 0. The second kappa shape index (κ2) is 5.54. The van der Waals surface area contributed by atoms with E-state index in [9.17, 15) is 4.79 Å². The maximum atomic E-state index is 12.2. The molecule has 2 aliphatic carbocycles. The Bertz CT molecular complexity index is 655. The average molecular weight is 247 g/mol. The van der Waals surface area contributed by atoms with Crippen molar-refractivity contribution in [3.8, 4) is 16.9 Å². The molecule has 3 heteroatoms. The standard InChI is InChI=1S/C15H16O3/c1-3-17-13-10-11-8-6-5-7-9-12(11)14(13)15(16)18-4-2/h5-10H,3-4H2,1-2H3/i5D,8D,9D. The van der Waals surface area contributed by atoms with Crippen LogP contribution in [-0.2, 0) is 4.74 Å². The van der Waals surface area contributed by atoms with E-state index in [1.165, 1.54) is 12.1 Å². The molecule has 0 spiro atoms. The maximum Gasteiger partial charge on any atom is 0.342 e. The molecule has 0 aromatic rings. The lowest BCUT2D eigenvalue weighted by Gasteiger charge is -2.06. The van der Waals surface area contributed by atoms with Gasteiger partial charge in [-0.1, -0.05) is 30.3 Å². The van der Waals surface area contributed by atoms with Gasteiger partial charge in [-0.15, -0.1) is 0 Å². The van der Waals surface area contributed by atoms with Crippen LogP contribution in [0.1, 0.15) is 28.3 Å². The summed E-state index contributed by atoms with van der Waals surface area (Å²) in [5.74, 6) is -0.271. The van der Waals surface area contributed by atoms with Crippen LogP contribution in [0, 0.1) is 0 Å². The highest BCUT2D eigenvalue weighted by atomic mass is 16.5. The number of carbonyl (C=O) groups excluding carboxylic acids is 1. The van der Waals surface area contributed by atoms with E-state index in [4.69, 9.17) is 13.6 Å². The molecule has 0 aromatic heterocycles. The number of rotatable bonds is 4. The first kappa shape index (κ1) is 8.97. The van der Waals surface area contributed by atoms with E-state index in [2.05, 4.69) is 0 Å². The summed E-state index contributed by atoms with van der Waals surface area (Å²) in [6.45, 7) is 4.06. The largest absolute Gasteiger partial charge is 0.493 e. The van der Waals surface area contributed by atoms with Crippen LogP contribution in [0.2, 0.25) is 0 Å². The number of carbonyl (C=O) groups is 1. The third-order valence-electron chi connectivity index (χ3n) is 2.43. The first-order valence-electron chi connectivity index (χ1n) is 7.34. The molecule has 0 bridgehead atoms. The summed E-state index contributed by atoms with van der Waals surface area (Å²) in [5, 5.41) is 0. The number of esters is 1. The van der Waals surface area contributed by atoms with Crippen molar-refractivity contribution >= 4 is 5.97 Å². The molecule has 2 rings (SSSR count). The number of hydrogen-bond donors (Lipinski definition) is 0. The van der Waals surface area contributed by atoms with Crippen molar-refractivity contribution in [2.45, 2.75) is 13.8 Å². The average Bonchev–Trinajstić information content (AvgIpc) is 2.74. The minimum absolute atomic E-state index is 0.00232. The SMILES string of the molecule is [2H]c1cc([2H])c2cc(OCC)c(C(=O)OCC)c-2c([2H])c1. The molecule has 3 nitrogen and oxygen atoms in total. The zero-order valence-corrected chi connectivity index (χ0v) is 10.4. The summed E-state index contributed by atoms with van der Waals surface area (Å²) in [4.78, 5) is 12.2. The second-order valence-electron chi connectivity index (χ2n) is 3.57. The lowest BCUT2D eigenvalue weighted by atomic mass is 10.1. The third-order valence-corrected chi connectivity index (χ3v) is 2.43. The molecule has 2 aliphatic rings. The lowest BCUT2D eigenvalue weighted by Crippen LogP contribution is -2.06. The van der Waals surface area contributed by atoms with Gasteiger partial charge in [0.15, 0.2) is 0 Å². The van der Waals surface area contributed by atoms with Gasteiger partial charge in [0.1, 0.15) is 11.3 Å². The van der Waals surface area contributed by atoms with Crippen LogP contribution in [0.3, 0.4) is 0 Å². The van der Waals surface area contributed by atoms with Crippen LogP contribution in [0.5, 0.6) is 5.75 Å². The van der Waals surface area contributed by atoms with Crippen molar-refractivity contribution in [1.82, 2.24) is 0 Å². The summed E-state index contributed by atoms with van der Waals surface area (Å²) < 4.78 is 34.2. The third kappa shape index (κ3) is 2.30. The van der Waals surface area contributed by atoms with Crippen LogP contribution in [0.4, 0.5) is 0 Å². The van der Waals surface area contributed by atoms with E-state index >= 15 is 0 Å². The fourth-order valence-corrected chi connectivity index (χ4v) is 1.75. The normalized spacial score (nSPS) is 12.7. The van der Waals surface area contributed by atoms with Gasteiger partial charge in [0, 0.05) is 5.56 Å². The Kier molecular flexibility index (Phi) is 2.76. The van der Waals surface area contributed by atoms with Crippen LogP contribution in [0.25, 0.3) is 11.1 Å². The van der Waals surface area contributed by atoms with E-state index in [0.717, 1.165) is 0 Å². The van der Waals surface area contributed by atoms with Crippen LogP contribution >= 0.6 is 0 Å². The van der Waals surface area contributed by atoms with E-state index in [-0.39, 0.29) is 30.3 Å². The molecule has 0 amide bonds. The maximum absolute atomic E-state index is 12.2. The predicted octanol–water partition coefficient (Wildman–Crippen LogP) is 3.37. The molecule has 0 saturated heterocycles. The van der Waals surface area contributed by atoms with Gasteiger partial charge in [0.25, 0.3) is 0 Å². The Hall–Kier alpha value is -2.03. The van der Waals surface area contributed by atoms with Gasteiger partial charge in [-0.05, 0) is 25.5 Å². The highest BCUT2D eigenvalue weighted by molar-refractivity contribution is 6.02. The lowest BCUT2D eigenvalue weighted by molar-refractivity contribution is 0.0523. The Balaban J connectivity index is 2.77. The molecule has 94 valence electrons. The highest BCUT2D eigenvalue weighted by Gasteiger charge is 2.23. The first-order chi connectivity index (χ1) is 9.99. The minimum atomic E-state index is -0.582. The van der Waals surface area contributed by atoms with Gasteiger partial charge in [0.2, 0.25) is 0 Å². The van der Waals surface area contributed by atoms with E-state index in [0.29, 0.717) is 23.5 Å². The molecular weight excluding hydrogens is 228 g/mol. The quantitative estimate of drug-likeness (QED) is 0.777. The zero-order chi connectivity index (χ0) is 15.6. The molecule has 0 N–H and O–H groups in total. The number of hydrogen-bond acceptors (Lipinski definition) is 3. The molecule has 0 radical (unpaired) electrons. The molecule has 0 saturated carbocycles. The Morgan fingerprint density at radius 3 is 2.78 bits per heavy atom. The van der Waals surface area contributed by atoms with Gasteiger partial charge in [-0.2, -0.15) is 0 Å². The van der Waals surface area contributed by atoms with E-state index in [1.54, 1.807) is 19.9 Å². The molecule has 0 atom stereocenters. The Labute approximate surface area is 111 Å². The number of fused-ring (bicyclic) bond motifs is 1. The fraction of sp³-hybridized carbons (Fsp3) is 0.267. The predicted molar refractivity (Wildman–Crippen MR) is 70.2 cm³/mol. The van der Waals surface area contributed by atoms with Crippen LogP contribution in [-0.4, -0.2) is 19.2 Å². The van der Waals surface area contributed by atoms with Crippen molar-refractivity contribution in [3.05, 3.63) is 41.9 Å². The molecule has 0 heterocycles. The highest BCUT2D eigenvalue weighted by Crippen LogP contribution is 2.36. The molecule has 0 aromatic carbocycles. The summed E-state index contributed by atoms with van der Waals surface area (Å²) in [5.41, 5.74) is 0.855. The zero-order valence-electron chi connectivity index (χ0n) is 13.4. The summed E-state index contributed by atoms with van der Waals surface area (Å²) in [7, 11) is 0. The number of ether oxygens (including phenoxy) is 2. The molecule has 0 aliphatic heterocycles. The van der Waals surface area contributed by atoms with Gasteiger partial charge in [0.05, 0.1) is 17.3 Å². The van der Waals surface area contributed by atoms with Gasteiger partial charge in [-0.3, -0.25) is 0 Å². The van der Waals surface area contributed by atoms with Crippen molar-refractivity contribution < 1.29 is 18.4 Å². The van der Waals surface area contributed by atoms with Crippen LogP contribution in [0.15, 0.2) is 36.3 Å². The van der Waals surface area contributed by atoms with Gasteiger partial charge in [-0.25, -0.2) is 4.79 Å². The fourth-order valence-electron chi connectivity index (χ4n) is 1.75. The Morgan fingerprint density at radius 2 is 2.06 bits per heavy atom. The van der Waals surface area contributed by atoms with Gasteiger partial charge >= 0.3 is 5.97 Å². The molecule has 0 fully saturated rings. The first-order valence-corrected chi connectivity index (χ1v) is 5.84. The summed E-state index contributed by atoms with van der Waals surface area (Å²) in [6, 6.07) is 4.33. The monoisotopic (exact) mass is 247 g/mol. The van der Waals surface area contributed by atoms with Crippen molar-refractivity contribution in [2.24, 2.45) is 0 Å². The topological polar surface area (TPSA) is 35.5 Å². The van der Waals surface area contributed by atoms with E-state index in [1.807, 2.05) is 0 Å². The summed E-state index contributed by atoms with van der Waals surface area (Å²) >= 11 is 0.